The van der Waals surface area contributed by atoms with Gasteiger partial charge in [-0.3, -0.25) is 4.99 Å². The first-order chi connectivity index (χ1) is 33.2. The van der Waals surface area contributed by atoms with E-state index >= 15 is 0 Å². The highest BCUT2D eigenvalue weighted by Crippen LogP contribution is 2.49. The van der Waals surface area contributed by atoms with Crippen molar-refractivity contribution in [2.75, 3.05) is 0 Å². The standard InChI is InChI=1S/C63H44N2S2/c1-2-43-60(49-24-13-19-37-15-5-7-20-44(37)49)64-63(65-61(43)52-26-14-25-50-47-22-9-11-27-55(47)67-62(50)52)54-35-42(36-57-59(54)51-23-10-12-28-56(51)66-57)45-31-30-41-33-39-17-3-4-18-40(39)34-53(41)58-46-21-8-6-16-38(46)29-32-48(45)58/h3-29,32-36,43,45,61H,2,30-31H2,1H3. The van der Waals surface area contributed by atoms with Gasteiger partial charge in [0.1, 0.15) is 0 Å². The number of rotatable bonds is 5. The van der Waals surface area contributed by atoms with Crippen molar-refractivity contribution in [2.24, 2.45) is 15.9 Å². The highest BCUT2D eigenvalue weighted by molar-refractivity contribution is 7.26. The van der Waals surface area contributed by atoms with Gasteiger partial charge >= 0.3 is 0 Å². The van der Waals surface area contributed by atoms with Gasteiger partial charge in [-0.2, -0.15) is 0 Å². The Bertz CT molecular complexity index is 4070. The van der Waals surface area contributed by atoms with Gasteiger partial charge in [-0.25, -0.2) is 4.99 Å². The third-order valence-corrected chi connectivity index (χ3v) is 17.3. The summed E-state index contributed by atoms with van der Waals surface area (Å²) < 4.78 is 5.21. The molecular weight excluding hydrogens is 849 g/mol. The number of thiophene rings is 2. The van der Waals surface area contributed by atoms with E-state index in [1.807, 2.05) is 22.7 Å². The first-order valence-electron chi connectivity index (χ1n) is 23.7. The van der Waals surface area contributed by atoms with Gasteiger partial charge < -0.3 is 0 Å². The fourth-order valence-corrected chi connectivity index (χ4v) is 14.2. The number of benzene rings is 10. The summed E-state index contributed by atoms with van der Waals surface area (Å²) in [5.74, 6) is 1.05. The molecule has 0 saturated heterocycles. The van der Waals surface area contributed by atoms with Crippen LogP contribution in [-0.4, -0.2) is 11.5 Å². The quantitative estimate of drug-likeness (QED) is 0.164. The van der Waals surface area contributed by atoms with E-state index in [0.717, 1.165) is 36.4 Å². The molecule has 10 aromatic carbocycles. The van der Waals surface area contributed by atoms with Gasteiger partial charge in [-0.05, 0) is 115 Å². The predicted octanol–water partition coefficient (Wildman–Crippen LogP) is 17.6. The molecule has 4 heteroatoms. The molecule has 2 aromatic heterocycles. The van der Waals surface area contributed by atoms with Crippen LogP contribution in [0.3, 0.4) is 0 Å². The van der Waals surface area contributed by atoms with E-state index in [4.69, 9.17) is 9.98 Å². The zero-order chi connectivity index (χ0) is 44.2. The number of aliphatic imine (C=N–C) groups is 2. The van der Waals surface area contributed by atoms with Gasteiger partial charge in [0.05, 0.1) is 11.8 Å². The molecule has 14 rings (SSSR count). The second kappa shape index (κ2) is 15.4. The van der Waals surface area contributed by atoms with Crippen molar-refractivity contribution in [2.45, 2.75) is 38.1 Å². The highest BCUT2D eigenvalue weighted by atomic mass is 32.1. The number of amidine groups is 1. The van der Waals surface area contributed by atoms with Crippen molar-refractivity contribution in [3.8, 4) is 11.1 Å². The molecule has 67 heavy (non-hydrogen) atoms. The predicted molar refractivity (Wildman–Crippen MR) is 289 cm³/mol. The van der Waals surface area contributed by atoms with Crippen LogP contribution >= 0.6 is 22.7 Å². The van der Waals surface area contributed by atoms with Crippen LogP contribution in [0.25, 0.3) is 83.8 Å². The Morgan fingerprint density at radius 3 is 1.97 bits per heavy atom. The van der Waals surface area contributed by atoms with E-state index in [1.165, 1.54) is 112 Å². The molecule has 0 radical (unpaired) electrons. The molecule has 3 unspecified atom stereocenters. The summed E-state index contributed by atoms with van der Waals surface area (Å²) in [6, 6.07) is 72.6. The van der Waals surface area contributed by atoms with Crippen LogP contribution in [0.2, 0.25) is 0 Å². The molecule has 3 heterocycles. The second-order valence-corrected chi connectivity index (χ2v) is 20.6. The summed E-state index contributed by atoms with van der Waals surface area (Å²) in [4.78, 5) is 11.9. The lowest BCUT2D eigenvalue weighted by atomic mass is 9.81. The van der Waals surface area contributed by atoms with Crippen molar-refractivity contribution in [3.63, 3.8) is 0 Å². The summed E-state index contributed by atoms with van der Waals surface area (Å²) >= 11 is 3.80. The third kappa shape index (κ3) is 6.13. The topological polar surface area (TPSA) is 24.7 Å². The number of hydrogen-bond acceptors (Lipinski definition) is 4. The summed E-state index contributed by atoms with van der Waals surface area (Å²) in [6.07, 6.45) is 2.89. The van der Waals surface area contributed by atoms with E-state index in [9.17, 15) is 0 Å². The van der Waals surface area contributed by atoms with Crippen molar-refractivity contribution in [1.82, 2.24) is 0 Å². The van der Waals surface area contributed by atoms with E-state index < -0.39 is 0 Å². The molecule has 318 valence electrons. The third-order valence-electron chi connectivity index (χ3n) is 14.9. The number of hydrogen-bond donors (Lipinski definition) is 0. The molecule has 0 N–H and O–H groups in total. The van der Waals surface area contributed by atoms with Crippen molar-refractivity contribution >= 4 is 107 Å². The molecule has 1 aliphatic carbocycles. The minimum absolute atomic E-state index is 0.0688. The van der Waals surface area contributed by atoms with E-state index in [-0.39, 0.29) is 17.9 Å². The molecule has 0 spiro atoms. The summed E-state index contributed by atoms with van der Waals surface area (Å²) in [7, 11) is 0. The fourth-order valence-electron chi connectivity index (χ4n) is 11.8. The van der Waals surface area contributed by atoms with Crippen LogP contribution in [0, 0.1) is 5.92 Å². The maximum Gasteiger partial charge on any atom is 0.156 e. The Labute approximate surface area is 397 Å². The molecular formula is C63H44N2S2. The molecule has 2 aliphatic rings. The number of fused-ring (bicyclic) bond motifs is 13. The Balaban J connectivity index is 1.04. The number of nitrogens with zero attached hydrogens (tertiary/aromatic N) is 2. The van der Waals surface area contributed by atoms with Crippen LogP contribution in [-0.2, 0) is 6.42 Å². The SMILES string of the molecule is CCC1C(c2cccc3ccccc23)=NC(c2cc(C3CCc4cc5ccccc5cc4-c4c3ccc3ccccc43)cc3sc4ccccc4c23)=NC1c1cccc2c1sc1ccccc12. The minimum atomic E-state index is -0.138. The molecule has 12 aromatic rings. The van der Waals surface area contributed by atoms with Crippen LogP contribution < -0.4 is 0 Å². The molecule has 3 atom stereocenters. The van der Waals surface area contributed by atoms with Crippen molar-refractivity contribution in [1.29, 1.82) is 0 Å². The largest absolute Gasteiger partial charge is 0.257 e. The second-order valence-electron chi connectivity index (χ2n) is 18.5. The smallest absolute Gasteiger partial charge is 0.156 e. The molecule has 0 saturated carbocycles. The van der Waals surface area contributed by atoms with Gasteiger partial charge in [-0.1, -0.05) is 171 Å². The maximum atomic E-state index is 5.98. The summed E-state index contributed by atoms with van der Waals surface area (Å²) in [6.45, 7) is 2.32. The summed E-state index contributed by atoms with van der Waals surface area (Å²) in [5.41, 5.74) is 11.6. The van der Waals surface area contributed by atoms with Crippen LogP contribution in [0.4, 0.5) is 0 Å². The average molecular weight is 893 g/mol. The van der Waals surface area contributed by atoms with Crippen LogP contribution in [0.15, 0.2) is 204 Å². The lowest BCUT2D eigenvalue weighted by Gasteiger charge is -2.31. The average Bonchev–Trinajstić information content (AvgIpc) is 3.91. The molecule has 1 aliphatic heterocycles. The van der Waals surface area contributed by atoms with Gasteiger partial charge in [0, 0.05) is 63.3 Å². The zero-order valence-corrected chi connectivity index (χ0v) is 38.7. The Morgan fingerprint density at radius 1 is 0.493 bits per heavy atom. The van der Waals surface area contributed by atoms with Gasteiger partial charge in [0.25, 0.3) is 0 Å². The van der Waals surface area contributed by atoms with E-state index in [1.54, 1.807) is 0 Å². The van der Waals surface area contributed by atoms with Crippen LogP contribution in [0.5, 0.6) is 0 Å². The Morgan fingerprint density at radius 2 is 1.15 bits per heavy atom. The van der Waals surface area contributed by atoms with Gasteiger partial charge in [0.15, 0.2) is 5.84 Å². The first-order valence-corrected chi connectivity index (χ1v) is 25.3. The van der Waals surface area contributed by atoms with Gasteiger partial charge in [0.2, 0.25) is 0 Å². The van der Waals surface area contributed by atoms with E-state index in [0.29, 0.717) is 0 Å². The van der Waals surface area contributed by atoms with Crippen LogP contribution in [0.1, 0.15) is 65.1 Å². The molecule has 2 nitrogen and oxygen atoms in total. The zero-order valence-electron chi connectivity index (χ0n) is 37.0. The fraction of sp³-hybridized carbons (Fsp3) is 0.111. The molecule has 0 bridgehead atoms. The molecule has 0 fully saturated rings. The van der Waals surface area contributed by atoms with E-state index in [2.05, 4.69) is 201 Å². The Hall–Kier alpha value is -7.24. The summed E-state index contributed by atoms with van der Waals surface area (Å²) in [5, 5.41) is 12.8. The van der Waals surface area contributed by atoms with Crippen molar-refractivity contribution in [3.05, 3.63) is 228 Å². The van der Waals surface area contributed by atoms with Crippen molar-refractivity contribution < 1.29 is 0 Å². The number of aryl methyl sites for hydroxylation is 1. The lowest BCUT2D eigenvalue weighted by molar-refractivity contribution is 0.536. The maximum absolute atomic E-state index is 5.98. The lowest BCUT2D eigenvalue weighted by Crippen LogP contribution is -2.28. The Kier molecular flexibility index (Phi) is 8.97. The minimum Gasteiger partial charge on any atom is -0.257 e. The monoisotopic (exact) mass is 892 g/mol. The molecule has 0 amide bonds. The normalized spacial score (nSPS) is 17.3. The first kappa shape index (κ1) is 39.0. The van der Waals surface area contributed by atoms with Gasteiger partial charge in [-0.15, -0.1) is 22.7 Å². The highest BCUT2D eigenvalue weighted by Gasteiger charge is 2.35.